The van der Waals surface area contributed by atoms with E-state index in [0.717, 1.165) is 4.90 Å². The Balaban J connectivity index is 3.83. The standard InChI is InChI=1S/C5H12N2O2/c1-4(2)7(3-8)5(6)9/h5,8-9H,1,3,6H2,2H3/t5-/m1/s1. The molecule has 4 heteroatoms. The Morgan fingerprint density at radius 2 is 2.33 bits per heavy atom. The minimum Gasteiger partial charge on any atom is -0.376 e. The number of allylic oxidation sites excluding steroid dienone is 1. The first-order chi connectivity index (χ1) is 4.09. The van der Waals surface area contributed by atoms with Crippen molar-refractivity contribution >= 4 is 0 Å². The van der Waals surface area contributed by atoms with Crippen LogP contribution in [0.3, 0.4) is 0 Å². The zero-order valence-corrected chi connectivity index (χ0v) is 5.41. The molecule has 9 heavy (non-hydrogen) atoms. The van der Waals surface area contributed by atoms with Gasteiger partial charge in [-0.3, -0.25) is 5.73 Å². The second kappa shape index (κ2) is 3.45. The predicted octanol–water partition coefficient (Wildman–Crippen LogP) is -0.994. The number of rotatable bonds is 3. The normalized spacial score (nSPS) is 12.9. The zero-order valence-electron chi connectivity index (χ0n) is 5.41. The lowest BCUT2D eigenvalue weighted by molar-refractivity contribution is -0.0166. The molecule has 0 aromatic heterocycles. The van der Waals surface area contributed by atoms with Gasteiger partial charge in [0.25, 0.3) is 0 Å². The van der Waals surface area contributed by atoms with Gasteiger partial charge in [-0.05, 0) is 6.92 Å². The van der Waals surface area contributed by atoms with Crippen LogP contribution in [-0.4, -0.2) is 28.2 Å². The van der Waals surface area contributed by atoms with Crippen molar-refractivity contribution in [2.45, 2.75) is 13.3 Å². The Bertz CT molecular complexity index is 103. The topological polar surface area (TPSA) is 69.7 Å². The molecule has 0 aliphatic carbocycles. The molecule has 0 aromatic carbocycles. The van der Waals surface area contributed by atoms with Crippen LogP contribution in [0.2, 0.25) is 0 Å². The first-order valence-corrected chi connectivity index (χ1v) is 2.56. The van der Waals surface area contributed by atoms with E-state index in [1.807, 2.05) is 0 Å². The average Bonchev–Trinajstić information content (AvgIpc) is 1.64. The maximum Gasteiger partial charge on any atom is 0.182 e. The number of hydrogen-bond acceptors (Lipinski definition) is 4. The molecule has 0 bridgehead atoms. The van der Waals surface area contributed by atoms with Crippen molar-refractivity contribution < 1.29 is 10.2 Å². The molecule has 0 unspecified atom stereocenters. The third kappa shape index (κ3) is 2.46. The highest BCUT2D eigenvalue weighted by Gasteiger charge is 2.06. The monoisotopic (exact) mass is 132 g/mol. The number of aliphatic hydroxyl groups excluding tert-OH is 2. The lowest BCUT2D eigenvalue weighted by atomic mass is 10.5. The molecule has 4 nitrogen and oxygen atoms in total. The highest BCUT2D eigenvalue weighted by atomic mass is 16.3. The summed E-state index contributed by atoms with van der Waals surface area (Å²) in [6, 6.07) is 0. The van der Waals surface area contributed by atoms with Crippen LogP contribution >= 0.6 is 0 Å². The Kier molecular flexibility index (Phi) is 3.22. The minimum atomic E-state index is -1.16. The van der Waals surface area contributed by atoms with Gasteiger partial charge in [0.05, 0.1) is 0 Å². The Labute approximate surface area is 54.2 Å². The van der Waals surface area contributed by atoms with Crippen LogP contribution in [0.25, 0.3) is 0 Å². The molecule has 0 spiro atoms. The molecule has 1 atom stereocenters. The molecular formula is C5H12N2O2. The molecule has 0 aliphatic rings. The van der Waals surface area contributed by atoms with E-state index < -0.39 is 6.35 Å². The predicted molar refractivity (Wildman–Crippen MR) is 33.9 cm³/mol. The Morgan fingerprint density at radius 3 is 2.33 bits per heavy atom. The van der Waals surface area contributed by atoms with Crippen molar-refractivity contribution in [1.29, 1.82) is 0 Å². The SMILES string of the molecule is C=C(C)N(CO)[C@@H](N)O. The largest absolute Gasteiger partial charge is 0.376 e. The summed E-state index contributed by atoms with van der Waals surface area (Å²) < 4.78 is 0. The van der Waals surface area contributed by atoms with E-state index in [1.54, 1.807) is 6.92 Å². The van der Waals surface area contributed by atoms with E-state index in [9.17, 15) is 0 Å². The molecule has 0 radical (unpaired) electrons. The highest BCUT2D eigenvalue weighted by molar-refractivity contribution is 4.86. The molecule has 0 amide bonds. The molecule has 0 rings (SSSR count). The summed E-state index contributed by atoms with van der Waals surface area (Å²) in [4.78, 5) is 1.15. The molecule has 0 aromatic rings. The average molecular weight is 132 g/mol. The molecule has 0 aliphatic heterocycles. The fourth-order valence-electron chi connectivity index (χ4n) is 0.430. The second-order valence-corrected chi connectivity index (χ2v) is 1.76. The minimum absolute atomic E-state index is 0.312. The Morgan fingerprint density at radius 1 is 1.89 bits per heavy atom. The quantitative estimate of drug-likeness (QED) is 0.431. The fraction of sp³-hybridized carbons (Fsp3) is 0.600. The number of aliphatic hydroxyl groups is 2. The molecular weight excluding hydrogens is 120 g/mol. The molecule has 0 saturated heterocycles. The lowest BCUT2D eigenvalue weighted by Gasteiger charge is -2.23. The first-order valence-electron chi connectivity index (χ1n) is 2.56. The molecule has 54 valence electrons. The Hall–Kier alpha value is -0.580. The summed E-state index contributed by atoms with van der Waals surface area (Å²) in [5.41, 5.74) is 5.54. The van der Waals surface area contributed by atoms with Crippen LogP contribution in [-0.2, 0) is 0 Å². The van der Waals surface area contributed by atoms with E-state index >= 15 is 0 Å². The number of nitrogens with two attached hydrogens (primary N) is 1. The molecule has 4 N–H and O–H groups in total. The van der Waals surface area contributed by atoms with Gasteiger partial charge in [-0.1, -0.05) is 6.58 Å². The van der Waals surface area contributed by atoms with Crippen molar-refractivity contribution in [3.63, 3.8) is 0 Å². The highest BCUT2D eigenvalue weighted by Crippen LogP contribution is 1.98. The van der Waals surface area contributed by atoms with Gasteiger partial charge in [-0.15, -0.1) is 0 Å². The van der Waals surface area contributed by atoms with E-state index in [0.29, 0.717) is 5.70 Å². The van der Waals surface area contributed by atoms with E-state index in [2.05, 4.69) is 6.58 Å². The van der Waals surface area contributed by atoms with Crippen LogP contribution in [0.1, 0.15) is 6.92 Å². The van der Waals surface area contributed by atoms with Gasteiger partial charge >= 0.3 is 0 Å². The zero-order chi connectivity index (χ0) is 7.44. The molecule has 0 heterocycles. The van der Waals surface area contributed by atoms with Gasteiger partial charge < -0.3 is 15.1 Å². The van der Waals surface area contributed by atoms with Crippen molar-refractivity contribution in [2.24, 2.45) is 5.73 Å². The summed E-state index contributed by atoms with van der Waals surface area (Å²) in [7, 11) is 0. The van der Waals surface area contributed by atoms with Crippen molar-refractivity contribution in [1.82, 2.24) is 4.90 Å². The maximum atomic E-state index is 8.67. The van der Waals surface area contributed by atoms with Crippen molar-refractivity contribution in [3.8, 4) is 0 Å². The van der Waals surface area contributed by atoms with Gasteiger partial charge in [-0.2, -0.15) is 0 Å². The third-order valence-corrected chi connectivity index (χ3v) is 0.962. The lowest BCUT2D eigenvalue weighted by Crippen LogP contribution is -2.40. The van der Waals surface area contributed by atoms with Gasteiger partial charge in [0, 0.05) is 5.70 Å². The van der Waals surface area contributed by atoms with Gasteiger partial charge in [-0.25, -0.2) is 0 Å². The number of hydrogen-bond donors (Lipinski definition) is 3. The van der Waals surface area contributed by atoms with Crippen LogP contribution in [0.15, 0.2) is 12.3 Å². The summed E-state index contributed by atoms with van der Waals surface area (Å²) >= 11 is 0. The summed E-state index contributed by atoms with van der Waals surface area (Å²) in [5, 5.41) is 17.2. The summed E-state index contributed by atoms with van der Waals surface area (Å²) in [6.07, 6.45) is -1.16. The summed E-state index contributed by atoms with van der Waals surface area (Å²) in [5.74, 6) is 0. The van der Waals surface area contributed by atoms with Crippen molar-refractivity contribution in [3.05, 3.63) is 12.3 Å². The van der Waals surface area contributed by atoms with Crippen LogP contribution < -0.4 is 5.73 Å². The molecule has 0 fully saturated rings. The smallest absolute Gasteiger partial charge is 0.182 e. The first kappa shape index (κ1) is 8.42. The van der Waals surface area contributed by atoms with Crippen molar-refractivity contribution in [2.75, 3.05) is 6.73 Å². The van der Waals surface area contributed by atoms with E-state index in [-0.39, 0.29) is 6.73 Å². The van der Waals surface area contributed by atoms with Gasteiger partial charge in [0.1, 0.15) is 6.73 Å². The summed E-state index contributed by atoms with van der Waals surface area (Å²) in [6.45, 7) is 4.81. The third-order valence-electron chi connectivity index (χ3n) is 0.962. The maximum absolute atomic E-state index is 8.67. The molecule has 0 saturated carbocycles. The van der Waals surface area contributed by atoms with Crippen LogP contribution in [0.4, 0.5) is 0 Å². The van der Waals surface area contributed by atoms with Gasteiger partial charge in [0.2, 0.25) is 0 Å². The fourth-order valence-corrected chi connectivity index (χ4v) is 0.430. The van der Waals surface area contributed by atoms with E-state index in [4.69, 9.17) is 15.9 Å². The number of nitrogens with zero attached hydrogens (tertiary/aromatic N) is 1. The van der Waals surface area contributed by atoms with E-state index in [1.165, 1.54) is 0 Å². The second-order valence-electron chi connectivity index (χ2n) is 1.76. The van der Waals surface area contributed by atoms with Gasteiger partial charge in [0.15, 0.2) is 6.35 Å². The van der Waals surface area contributed by atoms with Crippen LogP contribution in [0.5, 0.6) is 0 Å². The van der Waals surface area contributed by atoms with Crippen LogP contribution in [0, 0.1) is 0 Å².